The van der Waals surface area contributed by atoms with Crippen LogP contribution >= 0.6 is 11.6 Å². The Morgan fingerprint density at radius 1 is 1.25 bits per heavy atom. The van der Waals surface area contributed by atoms with Gasteiger partial charge >= 0.3 is 6.18 Å². The van der Waals surface area contributed by atoms with Gasteiger partial charge in [-0.05, 0) is 32.3 Å². The Hall–Kier alpha value is -2.65. The van der Waals surface area contributed by atoms with E-state index in [2.05, 4.69) is 10.3 Å². The number of likely N-dealkylation sites (N-methyl/N-ethyl adjacent to an activating group) is 1. The van der Waals surface area contributed by atoms with E-state index in [4.69, 9.17) is 16.0 Å². The Morgan fingerprint density at radius 2 is 1.96 bits per heavy atom. The molecule has 1 aromatic heterocycles. The zero-order chi connectivity index (χ0) is 20.6. The average molecular weight is 414 g/mol. The van der Waals surface area contributed by atoms with Gasteiger partial charge in [-0.25, -0.2) is 4.98 Å². The summed E-state index contributed by atoms with van der Waals surface area (Å²) in [6, 6.07) is 2.64. The van der Waals surface area contributed by atoms with Crippen LogP contribution in [0.4, 0.5) is 13.2 Å². The van der Waals surface area contributed by atoms with Gasteiger partial charge in [0, 0.05) is 19.2 Å². The molecule has 0 atom stereocenters. The molecule has 1 aliphatic rings. The van der Waals surface area contributed by atoms with E-state index < -0.39 is 23.3 Å². The second-order valence-corrected chi connectivity index (χ2v) is 6.78. The molecule has 148 valence electrons. The lowest BCUT2D eigenvalue weighted by molar-refractivity contribution is -0.137. The van der Waals surface area contributed by atoms with E-state index in [9.17, 15) is 22.8 Å². The van der Waals surface area contributed by atoms with Crippen molar-refractivity contribution in [1.82, 2.24) is 15.2 Å². The Kier molecular flexibility index (Phi) is 5.31. The number of Topliss-reactive ketones (excluding diaryl/α,β-unsaturated/α-hetero) is 1. The number of halogens is 4. The number of hydrogen-bond acceptors (Lipinski definition) is 6. The van der Waals surface area contributed by atoms with Crippen LogP contribution in [-0.2, 0) is 6.18 Å². The summed E-state index contributed by atoms with van der Waals surface area (Å²) >= 11 is 5.98. The summed E-state index contributed by atoms with van der Waals surface area (Å²) in [6.45, 7) is 1.03. The van der Waals surface area contributed by atoms with Gasteiger partial charge in [0.1, 0.15) is 0 Å². The third kappa shape index (κ3) is 3.95. The van der Waals surface area contributed by atoms with Crippen molar-refractivity contribution in [3.8, 4) is 11.5 Å². The summed E-state index contributed by atoms with van der Waals surface area (Å²) in [7, 11) is 3.70. The van der Waals surface area contributed by atoms with Gasteiger partial charge in [0.2, 0.25) is 23.2 Å². The molecular weight excluding hydrogens is 399 g/mol. The summed E-state index contributed by atoms with van der Waals surface area (Å²) < 4.78 is 44.3. The van der Waals surface area contributed by atoms with Crippen molar-refractivity contribution in [2.75, 3.05) is 27.2 Å². The van der Waals surface area contributed by atoms with Crippen LogP contribution in [0.15, 0.2) is 34.4 Å². The Labute approximate surface area is 163 Å². The largest absolute Gasteiger partial charge is 0.432 e. The maximum atomic E-state index is 13.0. The van der Waals surface area contributed by atoms with Crippen LogP contribution in [-0.4, -0.2) is 48.6 Å². The number of fused-ring (bicyclic) bond motifs is 1. The van der Waals surface area contributed by atoms with Crippen molar-refractivity contribution in [2.24, 2.45) is 0 Å². The van der Waals surface area contributed by atoms with Crippen LogP contribution in [0, 0.1) is 0 Å². The molecule has 6 nitrogen and oxygen atoms in total. The molecule has 0 fully saturated rings. The summed E-state index contributed by atoms with van der Waals surface area (Å²) in [6.07, 6.45) is -3.50. The fraction of sp³-hybridized carbons (Fsp3) is 0.278. The standard InChI is InChI=1S/C18H15ClF3N3O3/c1-25(2)6-5-23-12-8-13(26)14-16(15(12)27)28-17(24-14)10-7-9(18(20,21)22)3-4-11(10)19/h3-4,7-8,23H,5-6H2,1-2H3. The van der Waals surface area contributed by atoms with Gasteiger partial charge in [0.15, 0.2) is 5.69 Å². The zero-order valence-corrected chi connectivity index (χ0v) is 15.6. The molecule has 0 saturated heterocycles. The minimum absolute atomic E-state index is 0.0391. The zero-order valence-electron chi connectivity index (χ0n) is 14.9. The number of aromatic nitrogens is 1. The van der Waals surface area contributed by atoms with E-state index in [0.29, 0.717) is 13.1 Å². The third-order valence-corrected chi connectivity index (χ3v) is 4.31. The average Bonchev–Trinajstić information content (AvgIpc) is 3.04. The first kappa shape index (κ1) is 20.1. The number of carbonyl (C=O) groups excluding carboxylic acids is 2. The van der Waals surface area contributed by atoms with Crippen molar-refractivity contribution < 1.29 is 27.2 Å². The molecule has 0 amide bonds. The first-order valence-corrected chi connectivity index (χ1v) is 8.53. The highest BCUT2D eigenvalue weighted by Crippen LogP contribution is 2.36. The van der Waals surface area contributed by atoms with E-state index in [0.717, 1.165) is 24.3 Å². The Morgan fingerprint density at radius 3 is 2.61 bits per heavy atom. The van der Waals surface area contributed by atoms with E-state index in [1.54, 1.807) is 0 Å². The highest BCUT2D eigenvalue weighted by molar-refractivity contribution is 6.33. The lowest BCUT2D eigenvalue weighted by Crippen LogP contribution is -2.31. The number of nitrogens with zero attached hydrogens (tertiary/aromatic N) is 2. The molecule has 0 aliphatic heterocycles. The van der Waals surface area contributed by atoms with E-state index in [-0.39, 0.29) is 33.6 Å². The molecule has 28 heavy (non-hydrogen) atoms. The molecule has 1 heterocycles. The Bertz CT molecular complexity index is 980. The van der Waals surface area contributed by atoms with Crippen molar-refractivity contribution in [3.05, 3.63) is 52.0 Å². The number of carbonyl (C=O) groups is 2. The molecule has 2 aromatic rings. The highest BCUT2D eigenvalue weighted by atomic mass is 35.5. The predicted octanol–water partition coefficient (Wildman–Crippen LogP) is 3.43. The summed E-state index contributed by atoms with van der Waals surface area (Å²) in [5.74, 6) is -1.84. The first-order chi connectivity index (χ1) is 13.1. The second kappa shape index (κ2) is 7.40. The van der Waals surface area contributed by atoms with Crippen molar-refractivity contribution in [2.45, 2.75) is 6.18 Å². The minimum atomic E-state index is -4.59. The number of ketones is 2. The van der Waals surface area contributed by atoms with Crippen LogP contribution in [0.3, 0.4) is 0 Å². The summed E-state index contributed by atoms with van der Waals surface area (Å²) in [5.41, 5.74) is -1.33. The third-order valence-electron chi connectivity index (χ3n) is 3.99. The maximum Gasteiger partial charge on any atom is 0.416 e. The Balaban J connectivity index is 1.94. The summed E-state index contributed by atoms with van der Waals surface area (Å²) in [4.78, 5) is 30.6. The van der Waals surface area contributed by atoms with E-state index >= 15 is 0 Å². The molecule has 1 N–H and O–H groups in total. The number of allylic oxidation sites excluding steroid dienone is 2. The molecule has 1 aromatic carbocycles. The molecule has 10 heteroatoms. The van der Waals surface area contributed by atoms with Crippen LogP contribution in [0.5, 0.6) is 0 Å². The molecule has 0 spiro atoms. The number of hydrogen-bond donors (Lipinski definition) is 1. The topological polar surface area (TPSA) is 75.4 Å². The van der Waals surface area contributed by atoms with Crippen molar-refractivity contribution in [1.29, 1.82) is 0 Å². The molecule has 1 aliphatic carbocycles. The number of nitrogens with one attached hydrogen (secondary N) is 1. The smallest absolute Gasteiger partial charge is 0.416 e. The first-order valence-electron chi connectivity index (χ1n) is 8.15. The van der Waals surface area contributed by atoms with Gasteiger partial charge in [-0.3, -0.25) is 9.59 Å². The lowest BCUT2D eigenvalue weighted by atomic mass is 10.0. The quantitative estimate of drug-likeness (QED) is 0.809. The van der Waals surface area contributed by atoms with Crippen LogP contribution in [0.1, 0.15) is 26.6 Å². The molecular formula is C18H15ClF3N3O3. The molecule has 3 rings (SSSR count). The molecule has 0 saturated carbocycles. The number of alkyl halides is 3. The highest BCUT2D eigenvalue weighted by Gasteiger charge is 2.34. The van der Waals surface area contributed by atoms with Crippen molar-refractivity contribution >= 4 is 23.2 Å². The van der Waals surface area contributed by atoms with Gasteiger partial charge in [-0.15, -0.1) is 0 Å². The fourth-order valence-electron chi connectivity index (χ4n) is 2.55. The van der Waals surface area contributed by atoms with E-state index in [1.807, 2.05) is 19.0 Å². The number of rotatable bonds is 5. The van der Waals surface area contributed by atoms with Crippen LogP contribution in [0.25, 0.3) is 11.5 Å². The normalized spacial score (nSPS) is 14.3. The summed E-state index contributed by atoms with van der Waals surface area (Å²) in [5, 5.41) is 2.80. The van der Waals surface area contributed by atoms with Gasteiger partial charge in [0.05, 0.1) is 21.8 Å². The fourth-order valence-corrected chi connectivity index (χ4v) is 2.75. The number of oxazole rings is 1. The maximum absolute atomic E-state index is 13.0. The SMILES string of the molecule is CN(C)CCNC1=CC(=O)c2nc(-c3cc(C(F)(F)F)ccc3Cl)oc2C1=O. The van der Waals surface area contributed by atoms with Gasteiger partial charge in [-0.2, -0.15) is 13.2 Å². The molecule has 0 radical (unpaired) electrons. The predicted molar refractivity (Wildman–Crippen MR) is 95.3 cm³/mol. The van der Waals surface area contributed by atoms with Crippen molar-refractivity contribution in [3.63, 3.8) is 0 Å². The number of benzene rings is 1. The van der Waals surface area contributed by atoms with Gasteiger partial charge in [-0.1, -0.05) is 11.6 Å². The minimum Gasteiger partial charge on any atom is -0.432 e. The van der Waals surface area contributed by atoms with E-state index in [1.165, 1.54) is 0 Å². The lowest BCUT2D eigenvalue weighted by Gasteiger charge is -2.14. The van der Waals surface area contributed by atoms with Crippen LogP contribution in [0.2, 0.25) is 5.02 Å². The van der Waals surface area contributed by atoms with Gasteiger partial charge in [0.25, 0.3) is 0 Å². The molecule has 0 bridgehead atoms. The second-order valence-electron chi connectivity index (χ2n) is 6.37. The van der Waals surface area contributed by atoms with Gasteiger partial charge < -0.3 is 14.6 Å². The monoisotopic (exact) mass is 413 g/mol. The molecule has 0 unspecified atom stereocenters. The van der Waals surface area contributed by atoms with Crippen LogP contribution < -0.4 is 5.32 Å².